The Labute approximate surface area is 164 Å². The molecule has 0 aliphatic rings. The van der Waals surface area contributed by atoms with Crippen LogP contribution in [0.5, 0.6) is 0 Å². The van der Waals surface area contributed by atoms with Crippen LogP contribution in [0, 0.1) is 5.82 Å². The van der Waals surface area contributed by atoms with Gasteiger partial charge in [-0.1, -0.05) is 36.4 Å². The number of hydrogen-bond acceptors (Lipinski definition) is 4. The van der Waals surface area contributed by atoms with Gasteiger partial charge in [0.25, 0.3) is 5.56 Å². The van der Waals surface area contributed by atoms with E-state index in [2.05, 4.69) is 10.3 Å². The van der Waals surface area contributed by atoms with Crippen molar-refractivity contribution in [2.24, 2.45) is 0 Å². The van der Waals surface area contributed by atoms with Gasteiger partial charge in [0, 0.05) is 17.3 Å². The Morgan fingerprint density at radius 3 is 2.85 bits per heavy atom. The van der Waals surface area contributed by atoms with Crippen LogP contribution < -0.4 is 10.9 Å². The Kier molecular flexibility index (Phi) is 6.13. The maximum Gasteiger partial charge on any atom is 0.262 e. The molecule has 1 aromatic heterocycles. The highest BCUT2D eigenvalue weighted by Crippen LogP contribution is 2.21. The van der Waals surface area contributed by atoms with E-state index in [1.807, 2.05) is 6.92 Å². The fraction of sp³-hybridized carbons (Fsp3) is 0.211. The smallest absolute Gasteiger partial charge is 0.262 e. The number of hydrogen-bond donors (Lipinski definition) is 1. The first-order chi connectivity index (χ1) is 13.0. The number of fused-ring (bicyclic) bond motifs is 1. The zero-order valence-corrected chi connectivity index (χ0v) is 16.1. The van der Waals surface area contributed by atoms with Crippen LogP contribution in [0.4, 0.5) is 10.1 Å². The molecule has 140 valence electrons. The van der Waals surface area contributed by atoms with Crippen molar-refractivity contribution in [2.75, 3.05) is 11.1 Å². The second-order valence-corrected chi connectivity index (χ2v) is 7.24. The lowest BCUT2D eigenvalue weighted by molar-refractivity contribution is -0.113. The number of rotatable bonds is 6. The summed E-state index contributed by atoms with van der Waals surface area (Å²) in [5, 5.41) is 4.06. The first-order valence-electron chi connectivity index (χ1n) is 8.36. The Morgan fingerprint density at radius 1 is 1.30 bits per heavy atom. The van der Waals surface area contributed by atoms with E-state index in [1.165, 1.54) is 18.2 Å². The lowest BCUT2D eigenvalue weighted by Gasteiger charge is -2.12. The third-order valence-corrected chi connectivity index (χ3v) is 4.98. The maximum atomic E-state index is 13.2. The van der Waals surface area contributed by atoms with Gasteiger partial charge in [0.15, 0.2) is 5.16 Å². The summed E-state index contributed by atoms with van der Waals surface area (Å²) in [7, 11) is 0. The minimum atomic E-state index is -0.426. The molecule has 0 radical (unpaired) electrons. The van der Waals surface area contributed by atoms with Gasteiger partial charge in [-0.2, -0.15) is 0 Å². The molecular weight excluding hydrogens is 389 g/mol. The number of aromatic nitrogens is 2. The lowest BCUT2D eigenvalue weighted by Crippen LogP contribution is -2.24. The lowest BCUT2D eigenvalue weighted by atomic mass is 10.2. The van der Waals surface area contributed by atoms with E-state index in [0.29, 0.717) is 33.3 Å². The normalized spacial score (nSPS) is 10.9. The second kappa shape index (κ2) is 8.54. The highest BCUT2D eigenvalue weighted by atomic mass is 35.5. The molecule has 3 rings (SSSR count). The molecule has 0 saturated carbocycles. The van der Waals surface area contributed by atoms with Gasteiger partial charge >= 0.3 is 0 Å². The first kappa shape index (κ1) is 19.4. The molecule has 0 unspecified atom stereocenters. The Bertz CT molecular complexity index is 1050. The number of benzene rings is 2. The van der Waals surface area contributed by atoms with Gasteiger partial charge in [-0.3, -0.25) is 14.2 Å². The van der Waals surface area contributed by atoms with Gasteiger partial charge in [-0.05, 0) is 42.8 Å². The molecule has 0 atom stereocenters. The first-order valence-corrected chi connectivity index (χ1v) is 9.72. The number of carbonyl (C=O) groups is 1. The molecular formula is C19H17ClFN3O2S. The largest absolute Gasteiger partial charge is 0.325 e. The van der Waals surface area contributed by atoms with Crippen LogP contribution in [-0.2, 0) is 11.3 Å². The number of nitrogens with one attached hydrogen (secondary N) is 1. The molecule has 27 heavy (non-hydrogen) atoms. The summed E-state index contributed by atoms with van der Waals surface area (Å²) >= 11 is 7.16. The molecule has 1 amide bonds. The fourth-order valence-electron chi connectivity index (χ4n) is 2.60. The average Bonchev–Trinajstić information content (AvgIpc) is 2.62. The third-order valence-electron chi connectivity index (χ3n) is 3.77. The fourth-order valence-corrected chi connectivity index (χ4v) is 3.59. The molecule has 5 nitrogen and oxygen atoms in total. The standard InChI is InChI=1S/C19H17ClFN3O2S/c1-2-8-24-18(26)15-7-6-12(20)9-16(15)23-19(24)27-11-17(25)22-14-5-3-4-13(21)10-14/h3-7,9-10H,2,8,11H2,1H3,(H,22,25). The molecule has 0 aliphatic heterocycles. The van der Waals surface area contributed by atoms with Crippen molar-refractivity contribution in [3.05, 3.63) is 63.7 Å². The monoisotopic (exact) mass is 405 g/mol. The number of anilines is 1. The zero-order chi connectivity index (χ0) is 19.4. The summed E-state index contributed by atoms with van der Waals surface area (Å²) in [6.45, 7) is 2.46. The van der Waals surface area contributed by atoms with E-state index in [-0.39, 0.29) is 17.2 Å². The van der Waals surface area contributed by atoms with Gasteiger partial charge < -0.3 is 5.32 Å². The van der Waals surface area contributed by atoms with Gasteiger partial charge in [-0.25, -0.2) is 9.37 Å². The quantitative estimate of drug-likeness (QED) is 0.489. The van der Waals surface area contributed by atoms with Crippen molar-refractivity contribution in [3.8, 4) is 0 Å². The summed E-state index contributed by atoms with van der Waals surface area (Å²) in [5.41, 5.74) is 0.712. The average molecular weight is 406 g/mol. The molecule has 3 aromatic rings. The van der Waals surface area contributed by atoms with Crippen LogP contribution in [-0.4, -0.2) is 21.2 Å². The predicted octanol–water partition coefficient (Wildman–Crippen LogP) is 4.33. The van der Waals surface area contributed by atoms with Crippen LogP contribution in [0.2, 0.25) is 5.02 Å². The molecule has 0 fully saturated rings. The van der Waals surface area contributed by atoms with Gasteiger partial charge in [-0.15, -0.1) is 0 Å². The van der Waals surface area contributed by atoms with E-state index in [9.17, 15) is 14.0 Å². The summed E-state index contributed by atoms with van der Waals surface area (Å²) in [4.78, 5) is 29.4. The summed E-state index contributed by atoms with van der Waals surface area (Å²) in [5.74, 6) is -0.696. The van der Waals surface area contributed by atoms with Crippen molar-refractivity contribution < 1.29 is 9.18 Å². The number of amides is 1. The van der Waals surface area contributed by atoms with Crippen molar-refractivity contribution in [1.82, 2.24) is 9.55 Å². The molecule has 0 saturated heterocycles. The van der Waals surface area contributed by atoms with Crippen LogP contribution in [0.15, 0.2) is 52.4 Å². The predicted molar refractivity (Wildman–Crippen MR) is 107 cm³/mol. The summed E-state index contributed by atoms with van der Waals surface area (Å²) < 4.78 is 14.8. The van der Waals surface area contributed by atoms with Crippen LogP contribution in [0.25, 0.3) is 10.9 Å². The SMILES string of the molecule is CCCn1c(SCC(=O)Nc2cccc(F)c2)nc2cc(Cl)ccc2c1=O. The minimum absolute atomic E-state index is 0.0404. The molecule has 1 N–H and O–H groups in total. The third kappa shape index (κ3) is 4.67. The van der Waals surface area contributed by atoms with E-state index >= 15 is 0 Å². The Hall–Kier alpha value is -2.38. The van der Waals surface area contributed by atoms with E-state index in [0.717, 1.165) is 18.2 Å². The van der Waals surface area contributed by atoms with E-state index < -0.39 is 5.82 Å². The highest BCUT2D eigenvalue weighted by Gasteiger charge is 2.13. The van der Waals surface area contributed by atoms with Crippen LogP contribution in [0.3, 0.4) is 0 Å². The number of thioether (sulfide) groups is 1. The van der Waals surface area contributed by atoms with Crippen LogP contribution in [0.1, 0.15) is 13.3 Å². The molecule has 0 aliphatic carbocycles. The molecule has 8 heteroatoms. The topological polar surface area (TPSA) is 64.0 Å². The van der Waals surface area contributed by atoms with Gasteiger partial charge in [0.2, 0.25) is 5.91 Å². The molecule has 2 aromatic carbocycles. The second-order valence-electron chi connectivity index (χ2n) is 5.86. The summed E-state index contributed by atoms with van der Waals surface area (Å²) in [6, 6.07) is 10.6. The highest BCUT2D eigenvalue weighted by molar-refractivity contribution is 7.99. The number of nitrogens with zero attached hydrogens (tertiary/aromatic N) is 2. The van der Waals surface area contributed by atoms with Crippen LogP contribution >= 0.6 is 23.4 Å². The van der Waals surface area contributed by atoms with Gasteiger partial charge in [0.1, 0.15) is 5.82 Å². The molecule has 0 bridgehead atoms. The van der Waals surface area contributed by atoms with Crippen molar-refractivity contribution in [3.63, 3.8) is 0 Å². The van der Waals surface area contributed by atoms with Crippen molar-refractivity contribution in [2.45, 2.75) is 25.0 Å². The molecule has 0 spiro atoms. The molecule has 1 heterocycles. The van der Waals surface area contributed by atoms with Crippen molar-refractivity contribution in [1.29, 1.82) is 0 Å². The summed E-state index contributed by atoms with van der Waals surface area (Å²) in [6.07, 6.45) is 0.754. The minimum Gasteiger partial charge on any atom is -0.325 e. The van der Waals surface area contributed by atoms with E-state index in [4.69, 9.17) is 11.6 Å². The van der Waals surface area contributed by atoms with Gasteiger partial charge in [0.05, 0.1) is 16.7 Å². The number of carbonyl (C=O) groups excluding carboxylic acids is 1. The Morgan fingerprint density at radius 2 is 2.11 bits per heavy atom. The maximum absolute atomic E-state index is 13.2. The van der Waals surface area contributed by atoms with Crippen molar-refractivity contribution >= 4 is 45.9 Å². The Balaban J connectivity index is 1.83. The zero-order valence-electron chi connectivity index (χ0n) is 14.5. The van der Waals surface area contributed by atoms with E-state index in [1.54, 1.807) is 28.8 Å². The number of halogens is 2.